The van der Waals surface area contributed by atoms with Gasteiger partial charge in [0, 0.05) is 13.1 Å². The highest BCUT2D eigenvalue weighted by molar-refractivity contribution is 5.91. The molecule has 6 heteroatoms. The van der Waals surface area contributed by atoms with E-state index in [1.165, 1.54) is 0 Å². The Labute approximate surface area is 99.0 Å². The fourth-order valence-electron chi connectivity index (χ4n) is 2.13. The number of nitrogens with one attached hydrogen (secondary N) is 1. The molecule has 94 valence electrons. The minimum Gasteiger partial charge on any atom is -0.481 e. The number of aliphatic carboxylic acids is 1. The Hall–Kier alpha value is -1.59. The minimum absolute atomic E-state index is 0.0122. The quantitative estimate of drug-likeness (QED) is 0.690. The van der Waals surface area contributed by atoms with Crippen molar-refractivity contribution >= 4 is 17.8 Å². The van der Waals surface area contributed by atoms with Crippen molar-refractivity contribution in [3.8, 4) is 0 Å². The van der Waals surface area contributed by atoms with Crippen LogP contribution in [0.4, 0.5) is 0 Å². The van der Waals surface area contributed by atoms with Crippen LogP contribution in [0, 0.1) is 11.8 Å². The van der Waals surface area contributed by atoms with E-state index in [1.54, 1.807) is 4.90 Å². The maximum Gasteiger partial charge on any atom is 0.307 e. The molecule has 0 aromatic rings. The Bertz CT molecular complexity index is 349. The number of nitrogens with zero attached hydrogens (tertiary/aromatic N) is 1. The first-order chi connectivity index (χ1) is 8.09. The molecule has 2 aliphatic rings. The van der Waals surface area contributed by atoms with Crippen LogP contribution in [0.5, 0.6) is 0 Å². The first-order valence-corrected chi connectivity index (χ1v) is 5.88. The largest absolute Gasteiger partial charge is 0.481 e. The topological polar surface area (TPSA) is 86.7 Å². The number of carbonyl (C=O) groups excluding carboxylic acids is 2. The van der Waals surface area contributed by atoms with Gasteiger partial charge < -0.3 is 15.3 Å². The molecule has 0 spiro atoms. The summed E-state index contributed by atoms with van der Waals surface area (Å²) < 4.78 is 0. The predicted octanol–water partition coefficient (Wildman–Crippen LogP) is -0.554. The molecule has 6 nitrogen and oxygen atoms in total. The average Bonchev–Trinajstić information content (AvgIpc) is 2.93. The summed E-state index contributed by atoms with van der Waals surface area (Å²) in [7, 11) is 0. The third-order valence-electron chi connectivity index (χ3n) is 3.32. The maximum absolute atomic E-state index is 11.6. The van der Waals surface area contributed by atoms with Crippen molar-refractivity contribution in [2.24, 2.45) is 11.8 Å². The molecular formula is C11H16N2O4. The third kappa shape index (κ3) is 2.75. The van der Waals surface area contributed by atoms with Crippen LogP contribution in [-0.2, 0) is 14.4 Å². The third-order valence-corrected chi connectivity index (χ3v) is 3.32. The number of carbonyl (C=O) groups is 3. The summed E-state index contributed by atoms with van der Waals surface area (Å²) in [6.45, 7) is 1.51. The molecule has 0 unspecified atom stereocenters. The maximum atomic E-state index is 11.6. The Balaban J connectivity index is 1.70. The van der Waals surface area contributed by atoms with Gasteiger partial charge in [0.25, 0.3) is 0 Å². The van der Waals surface area contributed by atoms with E-state index in [1.807, 2.05) is 0 Å². The molecule has 0 bridgehead atoms. The summed E-state index contributed by atoms with van der Waals surface area (Å²) in [5, 5.41) is 11.2. The second kappa shape index (κ2) is 4.73. The van der Waals surface area contributed by atoms with Crippen molar-refractivity contribution in [2.45, 2.75) is 19.3 Å². The molecule has 0 radical (unpaired) electrons. The van der Waals surface area contributed by atoms with Gasteiger partial charge in [0.2, 0.25) is 11.8 Å². The summed E-state index contributed by atoms with van der Waals surface area (Å²) in [5.74, 6) is -2.33. The van der Waals surface area contributed by atoms with Crippen molar-refractivity contribution in [2.75, 3.05) is 19.6 Å². The van der Waals surface area contributed by atoms with Crippen molar-refractivity contribution in [3.05, 3.63) is 0 Å². The second-order valence-corrected chi connectivity index (χ2v) is 4.59. The molecule has 1 aliphatic heterocycles. The van der Waals surface area contributed by atoms with Crippen LogP contribution in [0.25, 0.3) is 0 Å². The number of likely N-dealkylation sites (tertiary alicyclic amines) is 1. The number of carboxylic acids is 1. The zero-order valence-electron chi connectivity index (χ0n) is 9.52. The highest BCUT2D eigenvalue weighted by atomic mass is 16.4. The van der Waals surface area contributed by atoms with Gasteiger partial charge in [-0.15, -0.1) is 0 Å². The lowest BCUT2D eigenvalue weighted by molar-refractivity contribution is -0.140. The molecule has 2 amide bonds. The first kappa shape index (κ1) is 11.9. The number of rotatable bonds is 4. The van der Waals surface area contributed by atoms with Gasteiger partial charge in [0.1, 0.15) is 0 Å². The van der Waals surface area contributed by atoms with Gasteiger partial charge in [-0.3, -0.25) is 14.4 Å². The molecule has 2 N–H and O–H groups in total. The molecule has 1 heterocycles. The van der Waals surface area contributed by atoms with Crippen LogP contribution in [0.1, 0.15) is 19.3 Å². The molecule has 0 aromatic carbocycles. The van der Waals surface area contributed by atoms with Crippen LogP contribution in [0.3, 0.4) is 0 Å². The van der Waals surface area contributed by atoms with Gasteiger partial charge >= 0.3 is 5.97 Å². The lowest BCUT2D eigenvalue weighted by atomic mass is 10.3. The Kier molecular flexibility index (Phi) is 3.31. The lowest BCUT2D eigenvalue weighted by Gasteiger charge is -2.15. The Morgan fingerprint density at radius 1 is 1.18 bits per heavy atom. The molecule has 2 atom stereocenters. The van der Waals surface area contributed by atoms with E-state index in [0.29, 0.717) is 6.42 Å². The molecular weight excluding hydrogens is 224 g/mol. The van der Waals surface area contributed by atoms with Crippen molar-refractivity contribution in [1.29, 1.82) is 0 Å². The Morgan fingerprint density at radius 2 is 1.82 bits per heavy atom. The molecule has 1 saturated carbocycles. The zero-order chi connectivity index (χ0) is 12.4. The van der Waals surface area contributed by atoms with E-state index in [0.717, 1.165) is 25.9 Å². The minimum atomic E-state index is -0.934. The second-order valence-electron chi connectivity index (χ2n) is 4.59. The van der Waals surface area contributed by atoms with Crippen LogP contribution < -0.4 is 5.32 Å². The number of carboxylic acid groups (broad SMARTS) is 1. The average molecular weight is 240 g/mol. The smallest absolute Gasteiger partial charge is 0.307 e. The highest BCUT2D eigenvalue weighted by Gasteiger charge is 2.48. The van der Waals surface area contributed by atoms with E-state index >= 15 is 0 Å². The van der Waals surface area contributed by atoms with E-state index in [9.17, 15) is 14.4 Å². The molecule has 2 fully saturated rings. The summed E-state index contributed by atoms with van der Waals surface area (Å²) in [6.07, 6.45) is 2.42. The number of amides is 2. The Morgan fingerprint density at radius 3 is 2.35 bits per heavy atom. The monoisotopic (exact) mass is 240 g/mol. The molecule has 1 aliphatic carbocycles. The van der Waals surface area contributed by atoms with E-state index < -0.39 is 17.8 Å². The highest BCUT2D eigenvalue weighted by Crippen LogP contribution is 2.38. The van der Waals surface area contributed by atoms with E-state index in [-0.39, 0.29) is 18.4 Å². The fourth-order valence-corrected chi connectivity index (χ4v) is 2.13. The predicted molar refractivity (Wildman–Crippen MR) is 58.1 cm³/mol. The van der Waals surface area contributed by atoms with Crippen molar-refractivity contribution in [1.82, 2.24) is 10.2 Å². The summed E-state index contributed by atoms with van der Waals surface area (Å²) in [5.41, 5.74) is 0. The van der Waals surface area contributed by atoms with Crippen molar-refractivity contribution < 1.29 is 19.5 Å². The van der Waals surface area contributed by atoms with Gasteiger partial charge in [-0.25, -0.2) is 0 Å². The summed E-state index contributed by atoms with van der Waals surface area (Å²) in [6, 6.07) is 0. The summed E-state index contributed by atoms with van der Waals surface area (Å²) >= 11 is 0. The van der Waals surface area contributed by atoms with Gasteiger partial charge in [0.15, 0.2) is 0 Å². The zero-order valence-corrected chi connectivity index (χ0v) is 9.52. The SMILES string of the molecule is O=C(O)[C@H]1C[C@H]1C(=O)NCC(=O)N1CCCC1. The van der Waals surface area contributed by atoms with E-state index in [2.05, 4.69) is 5.32 Å². The van der Waals surface area contributed by atoms with Crippen molar-refractivity contribution in [3.63, 3.8) is 0 Å². The van der Waals surface area contributed by atoms with E-state index in [4.69, 9.17) is 5.11 Å². The van der Waals surface area contributed by atoms with Gasteiger partial charge in [-0.1, -0.05) is 0 Å². The molecule has 17 heavy (non-hydrogen) atoms. The van der Waals surface area contributed by atoms with Crippen LogP contribution in [0.2, 0.25) is 0 Å². The number of hydrogen-bond donors (Lipinski definition) is 2. The van der Waals surface area contributed by atoms with Crippen LogP contribution in [0.15, 0.2) is 0 Å². The van der Waals surface area contributed by atoms with Crippen LogP contribution >= 0.6 is 0 Å². The normalized spacial score (nSPS) is 26.7. The standard InChI is InChI=1S/C11H16N2O4/c14-9(13-3-1-2-4-13)6-12-10(15)7-5-8(7)11(16)17/h7-8H,1-6H2,(H,12,15)(H,16,17)/t7-,8+/m1/s1. The van der Waals surface area contributed by atoms with Gasteiger partial charge in [-0.2, -0.15) is 0 Å². The number of hydrogen-bond acceptors (Lipinski definition) is 3. The summed E-state index contributed by atoms with van der Waals surface area (Å²) in [4.78, 5) is 35.4. The first-order valence-electron chi connectivity index (χ1n) is 5.88. The lowest BCUT2D eigenvalue weighted by Crippen LogP contribution is -2.39. The molecule has 2 rings (SSSR count). The van der Waals surface area contributed by atoms with Gasteiger partial charge in [0.05, 0.1) is 18.4 Å². The fraction of sp³-hybridized carbons (Fsp3) is 0.727. The molecule has 1 saturated heterocycles. The van der Waals surface area contributed by atoms with Crippen LogP contribution in [-0.4, -0.2) is 47.4 Å². The molecule has 0 aromatic heterocycles. The van der Waals surface area contributed by atoms with Gasteiger partial charge in [-0.05, 0) is 19.3 Å².